The van der Waals surface area contributed by atoms with Crippen LogP contribution in [0.4, 0.5) is 0 Å². The van der Waals surface area contributed by atoms with E-state index in [-0.39, 0.29) is 0 Å². The van der Waals surface area contributed by atoms with Gasteiger partial charge in [-0.05, 0) is 12.0 Å². The van der Waals surface area contributed by atoms with Gasteiger partial charge in [-0.2, -0.15) is 0 Å². The van der Waals surface area contributed by atoms with Gasteiger partial charge in [-0.25, -0.2) is 0 Å². The Labute approximate surface area is 69.5 Å². The minimum absolute atomic E-state index is 0.354. The Morgan fingerprint density at radius 3 is 2.45 bits per heavy atom. The van der Waals surface area contributed by atoms with E-state index < -0.39 is 0 Å². The molecule has 0 spiro atoms. The summed E-state index contributed by atoms with van der Waals surface area (Å²) in [5.74, 6) is 0. The molecule has 1 fully saturated rings. The van der Waals surface area contributed by atoms with E-state index in [1.54, 1.807) is 0 Å². The lowest BCUT2D eigenvalue weighted by molar-refractivity contribution is 0.131. The number of rotatable bonds is 1. The van der Waals surface area contributed by atoms with Gasteiger partial charge in [0.2, 0.25) is 0 Å². The average Bonchev–Trinajstić information content (AvgIpc) is 2.31. The van der Waals surface area contributed by atoms with Crippen molar-refractivity contribution in [3.8, 4) is 0 Å². The Balaban J connectivity index is 2.57. The lowest BCUT2D eigenvalue weighted by Crippen LogP contribution is -2.40. The number of hydrogen-bond acceptors (Lipinski definition) is 2. The van der Waals surface area contributed by atoms with Crippen LogP contribution in [0.5, 0.6) is 0 Å². The van der Waals surface area contributed by atoms with Gasteiger partial charge in [-0.1, -0.05) is 27.7 Å². The number of ether oxygens (including phenoxy) is 1. The molecule has 1 aliphatic rings. The van der Waals surface area contributed by atoms with Gasteiger partial charge in [0.15, 0.2) is 0 Å². The Bertz CT molecular complexity index is 128. The van der Waals surface area contributed by atoms with Crippen LogP contribution < -0.4 is 0 Å². The fraction of sp³-hybridized carbons (Fsp3) is 1.00. The highest BCUT2D eigenvalue weighted by molar-refractivity contribution is 4.84. The van der Waals surface area contributed by atoms with Crippen LogP contribution in [0.15, 0.2) is 0 Å². The molecule has 1 unspecified atom stereocenters. The van der Waals surface area contributed by atoms with Crippen LogP contribution in [0, 0.1) is 5.41 Å². The molecule has 66 valence electrons. The van der Waals surface area contributed by atoms with Crippen molar-refractivity contribution in [1.29, 1.82) is 0 Å². The van der Waals surface area contributed by atoms with Crippen molar-refractivity contribution in [3.63, 3.8) is 0 Å². The van der Waals surface area contributed by atoms with Gasteiger partial charge in [0, 0.05) is 6.04 Å². The molecule has 0 aromatic carbocycles. The smallest absolute Gasteiger partial charge is 0.0994 e. The van der Waals surface area contributed by atoms with E-state index in [0.717, 1.165) is 19.9 Å². The maximum absolute atomic E-state index is 5.41. The molecule has 1 aliphatic heterocycles. The second kappa shape index (κ2) is 3.11. The average molecular weight is 157 g/mol. The Morgan fingerprint density at radius 1 is 1.45 bits per heavy atom. The minimum atomic E-state index is 0.354. The van der Waals surface area contributed by atoms with E-state index in [9.17, 15) is 0 Å². The molecule has 0 aromatic heterocycles. The van der Waals surface area contributed by atoms with Gasteiger partial charge >= 0.3 is 0 Å². The van der Waals surface area contributed by atoms with Crippen molar-refractivity contribution >= 4 is 0 Å². The lowest BCUT2D eigenvalue weighted by Gasteiger charge is -2.32. The van der Waals surface area contributed by atoms with E-state index in [4.69, 9.17) is 4.74 Å². The van der Waals surface area contributed by atoms with Crippen LogP contribution in [0.1, 0.15) is 27.7 Å². The molecule has 1 heterocycles. The Hall–Kier alpha value is -0.0800. The highest BCUT2D eigenvalue weighted by Gasteiger charge is 2.33. The third-order valence-electron chi connectivity index (χ3n) is 2.38. The first kappa shape index (κ1) is 9.01. The monoisotopic (exact) mass is 157 g/mol. The molecule has 0 aromatic rings. The van der Waals surface area contributed by atoms with Crippen LogP contribution >= 0.6 is 0 Å². The van der Waals surface area contributed by atoms with Crippen molar-refractivity contribution in [2.45, 2.75) is 33.7 Å². The predicted octanol–water partition coefficient (Wildman–Crippen LogP) is 1.71. The second-order valence-corrected chi connectivity index (χ2v) is 4.29. The molecule has 0 aliphatic carbocycles. The molecule has 0 radical (unpaired) electrons. The van der Waals surface area contributed by atoms with E-state index in [2.05, 4.69) is 32.6 Å². The molecule has 1 saturated heterocycles. The summed E-state index contributed by atoms with van der Waals surface area (Å²) in [6, 6.07) is 0.604. The first-order chi connectivity index (χ1) is 5.05. The summed E-state index contributed by atoms with van der Waals surface area (Å²) in [6.45, 7) is 11.8. The molecule has 1 rings (SSSR count). The molecule has 0 bridgehead atoms. The summed E-state index contributed by atoms with van der Waals surface area (Å²) in [5.41, 5.74) is 0.354. The summed E-state index contributed by atoms with van der Waals surface area (Å²) in [5, 5.41) is 0. The van der Waals surface area contributed by atoms with Gasteiger partial charge in [0.1, 0.15) is 0 Å². The van der Waals surface area contributed by atoms with Crippen molar-refractivity contribution in [2.75, 3.05) is 19.9 Å². The van der Waals surface area contributed by atoms with Gasteiger partial charge in [-0.15, -0.1) is 0 Å². The third-order valence-corrected chi connectivity index (χ3v) is 2.38. The van der Waals surface area contributed by atoms with Gasteiger partial charge in [0.05, 0.1) is 13.3 Å². The van der Waals surface area contributed by atoms with Crippen LogP contribution in [-0.2, 0) is 4.74 Å². The van der Waals surface area contributed by atoms with Gasteiger partial charge < -0.3 is 4.74 Å². The molecular formula is C9H19NO. The topological polar surface area (TPSA) is 12.5 Å². The van der Waals surface area contributed by atoms with Gasteiger partial charge in [0.25, 0.3) is 0 Å². The first-order valence-corrected chi connectivity index (χ1v) is 4.37. The maximum Gasteiger partial charge on any atom is 0.0994 e. The molecule has 11 heavy (non-hydrogen) atoms. The molecule has 2 nitrogen and oxygen atoms in total. The van der Waals surface area contributed by atoms with E-state index in [0.29, 0.717) is 11.5 Å². The summed E-state index contributed by atoms with van der Waals surface area (Å²) >= 11 is 0. The van der Waals surface area contributed by atoms with Gasteiger partial charge in [-0.3, -0.25) is 4.90 Å². The highest BCUT2D eigenvalue weighted by atomic mass is 16.5. The van der Waals surface area contributed by atoms with Crippen molar-refractivity contribution < 1.29 is 4.74 Å². The fourth-order valence-corrected chi connectivity index (χ4v) is 1.59. The first-order valence-electron chi connectivity index (χ1n) is 4.37. The predicted molar refractivity (Wildman–Crippen MR) is 46.4 cm³/mol. The fourth-order valence-electron chi connectivity index (χ4n) is 1.59. The van der Waals surface area contributed by atoms with Crippen molar-refractivity contribution in [2.24, 2.45) is 5.41 Å². The Morgan fingerprint density at radius 2 is 2.09 bits per heavy atom. The van der Waals surface area contributed by atoms with Crippen molar-refractivity contribution in [3.05, 3.63) is 0 Å². The second-order valence-electron chi connectivity index (χ2n) is 4.29. The minimum Gasteiger partial charge on any atom is -0.364 e. The zero-order chi connectivity index (χ0) is 8.48. The largest absolute Gasteiger partial charge is 0.364 e. The third kappa shape index (κ3) is 1.94. The molecule has 0 amide bonds. The summed E-state index contributed by atoms with van der Waals surface area (Å²) in [7, 11) is 0. The number of likely N-dealkylation sites (N-methyl/N-ethyl adjacent to an activating group) is 1. The summed E-state index contributed by atoms with van der Waals surface area (Å²) in [6.07, 6.45) is 0. The molecular weight excluding hydrogens is 138 g/mol. The summed E-state index contributed by atoms with van der Waals surface area (Å²) in [4.78, 5) is 2.39. The van der Waals surface area contributed by atoms with Crippen LogP contribution in [0.3, 0.4) is 0 Å². The zero-order valence-corrected chi connectivity index (χ0v) is 8.05. The highest BCUT2D eigenvalue weighted by Crippen LogP contribution is 2.27. The number of nitrogens with zero attached hydrogens (tertiary/aromatic N) is 1. The van der Waals surface area contributed by atoms with Crippen molar-refractivity contribution in [1.82, 2.24) is 4.90 Å². The Kier molecular flexibility index (Phi) is 2.55. The normalized spacial score (nSPS) is 27.8. The van der Waals surface area contributed by atoms with Crippen LogP contribution in [0.25, 0.3) is 0 Å². The SMILES string of the molecule is CCN1COCC1C(C)(C)C. The zero-order valence-electron chi connectivity index (χ0n) is 8.05. The molecule has 0 saturated carbocycles. The standard InChI is InChI=1S/C9H19NO/c1-5-10-7-11-6-8(10)9(2,3)4/h8H,5-7H2,1-4H3. The van der Waals surface area contributed by atoms with E-state index in [1.165, 1.54) is 0 Å². The quantitative estimate of drug-likeness (QED) is 0.574. The van der Waals surface area contributed by atoms with E-state index in [1.807, 2.05) is 0 Å². The number of hydrogen-bond donors (Lipinski definition) is 0. The van der Waals surface area contributed by atoms with Crippen LogP contribution in [0.2, 0.25) is 0 Å². The van der Waals surface area contributed by atoms with Crippen LogP contribution in [-0.4, -0.2) is 30.8 Å². The lowest BCUT2D eigenvalue weighted by atomic mass is 9.87. The molecule has 2 heteroatoms. The van der Waals surface area contributed by atoms with E-state index >= 15 is 0 Å². The summed E-state index contributed by atoms with van der Waals surface area (Å²) < 4.78 is 5.41. The molecule has 1 atom stereocenters. The maximum atomic E-state index is 5.41. The molecule has 0 N–H and O–H groups in total.